The van der Waals surface area contributed by atoms with Crippen LogP contribution in [0.1, 0.15) is 45.6 Å². The van der Waals surface area contributed by atoms with Crippen molar-refractivity contribution in [1.82, 2.24) is 10.2 Å². The van der Waals surface area contributed by atoms with E-state index in [0.717, 1.165) is 11.3 Å². The molecule has 9 heteroatoms. The molecule has 1 aromatic carbocycles. The quantitative estimate of drug-likeness (QED) is 0.687. The van der Waals surface area contributed by atoms with Crippen molar-refractivity contribution in [2.24, 2.45) is 0 Å². The summed E-state index contributed by atoms with van der Waals surface area (Å²) in [6.45, 7) is 7.58. The summed E-state index contributed by atoms with van der Waals surface area (Å²) < 4.78 is 29.4. The van der Waals surface area contributed by atoms with E-state index in [1.165, 1.54) is 5.56 Å². The lowest BCUT2D eigenvalue weighted by Crippen LogP contribution is -2.30. The molecule has 0 aliphatic heterocycles. The minimum absolute atomic E-state index is 0.00145. The van der Waals surface area contributed by atoms with Gasteiger partial charge >= 0.3 is 0 Å². The van der Waals surface area contributed by atoms with E-state index >= 15 is 0 Å². The highest BCUT2D eigenvalue weighted by Crippen LogP contribution is 2.22. The summed E-state index contributed by atoms with van der Waals surface area (Å²) in [5, 5.41) is 10.1. The van der Waals surface area contributed by atoms with Gasteiger partial charge in [-0.1, -0.05) is 44.2 Å². The first-order chi connectivity index (χ1) is 12.2. The van der Waals surface area contributed by atoms with E-state index in [1.807, 2.05) is 24.3 Å². The molecule has 1 atom stereocenters. The molecule has 1 N–H and O–H groups in total. The number of anilines is 1. The third-order valence-electron chi connectivity index (χ3n) is 3.60. The lowest BCUT2D eigenvalue weighted by atomic mass is 10.0. The molecular formula is C17H23N3O4S2. The van der Waals surface area contributed by atoms with E-state index in [2.05, 4.69) is 29.4 Å². The fraction of sp³-hybridized carbons (Fsp3) is 0.471. The van der Waals surface area contributed by atoms with Crippen LogP contribution in [0.25, 0.3) is 0 Å². The molecule has 0 saturated heterocycles. The van der Waals surface area contributed by atoms with Crippen molar-refractivity contribution in [1.29, 1.82) is 0 Å². The summed E-state index contributed by atoms with van der Waals surface area (Å²) in [5.74, 6) is 0.580. The second-order valence-corrected chi connectivity index (χ2v) is 9.43. The highest BCUT2D eigenvalue weighted by molar-refractivity contribution is 7.93. The second kappa shape index (κ2) is 8.59. The number of carbonyl (C=O) groups is 1. The van der Waals surface area contributed by atoms with Crippen molar-refractivity contribution >= 4 is 32.2 Å². The van der Waals surface area contributed by atoms with Crippen molar-refractivity contribution < 1.29 is 17.9 Å². The van der Waals surface area contributed by atoms with Gasteiger partial charge < -0.3 is 4.74 Å². The third kappa shape index (κ3) is 5.25. The molecule has 0 spiro atoms. The van der Waals surface area contributed by atoms with Gasteiger partial charge in [-0.15, -0.1) is 10.2 Å². The molecule has 0 radical (unpaired) electrons. The van der Waals surface area contributed by atoms with Gasteiger partial charge in [0, 0.05) is 0 Å². The molecule has 1 heterocycles. The lowest BCUT2D eigenvalue weighted by Gasteiger charge is -2.14. The van der Waals surface area contributed by atoms with Crippen LogP contribution in [0.5, 0.6) is 5.75 Å². The number of hydrogen-bond acceptors (Lipinski definition) is 7. The molecule has 26 heavy (non-hydrogen) atoms. The largest absolute Gasteiger partial charge is 0.481 e. The maximum absolute atomic E-state index is 12.2. The van der Waals surface area contributed by atoms with Crippen LogP contribution in [-0.4, -0.2) is 36.4 Å². The Morgan fingerprint density at radius 1 is 1.19 bits per heavy atom. The number of ether oxygens (including phenoxy) is 1. The summed E-state index contributed by atoms with van der Waals surface area (Å²) in [4.78, 5) is 12.2. The molecule has 0 bridgehead atoms. The Bertz CT molecular complexity index is 845. The molecule has 1 amide bonds. The summed E-state index contributed by atoms with van der Waals surface area (Å²) in [6, 6.07) is 7.56. The molecule has 0 saturated carbocycles. The number of nitrogens with zero attached hydrogens (tertiary/aromatic N) is 2. The monoisotopic (exact) mass is 397 g/mol. The topological polar surface area (TPSA) is 98.3 Å². The van der Waals surface area contributed by atoms with Crippen molar-refractivity contribution in [3.8, 4) is 5.75 Å². The first-order valence-corrected chi connectivity index (χ1v) is 10.8. The first kappa shape index (κ1) is 20.3. The van der Waals surface area contributed by atoms with Gasteiger partial charge in [0.2, 0.25) is 19.3 Å². The van der Waals surface area contributed by atoms with Gasteiger partial charge in [0.05, 0.1) is 5.75 Å². The van der Waals surface area contributed by atoms with Crippen LogP contribution < -0.4 is 10.1 Å². The zero-order chi connectivity index (χ0) is 19.3. The summed E-state index contributed by atoms with van der Waals surface area (Å²) in [7, 11) is -3.44. The number of benzene rings is 1. The molecular weight excluding hydrogens is 374 g/mol. The van der Waals surface area contributed by atoms with Gasteiger partial charge in [0.25, 0.3) is 5.91 Å². The third-order valence-corrected chi connectivity index (χ3v) is 6.81. The van der Waals surface area contributed by atoms with Crippen LogP contribution in [0.3, 0.4) is 0 Å². The minimum atomic E-state index is -3.44. The van der Waals surface area contributed by atoms with E-state index < -0.39 is 21.8 Å². The van der Waals surface area contributed by atoms with Gasteiger partial charge in [-0.3, -0.25) is 10.1 Å². The molecule has 1 unspecified atom stereocenters. The summed E-state index contributed by atoms with van der Waals surface area (Å²) in [6.07, 6.45) is -0.274. The molecule has 0 aliphatic carbocycles. The molecule has 7 nitrogen and oxygen atoms in total. The highest BCUT2D eigenvalue weighted by atomic mass is 32.2. The van der Waals surface area contributed by atoms with Gasteiger partial charge in [0.15, 0.2) is 6.10 Å². The molecule has 2 rings (SSSR count). The fourth-order valence-electron chi connectivity index (χ4n) is 2.14. The SMILES string of the molecule is CCCS(=O)(=O)c1nnc(NC(=O)C(C)Oc2ccc(C(C)C)cc2)s1. The predicted octanol–water partition coefficient (Wildman–Crippen LogP) is 3.25. The summed E-state index contributed by atoms with van der Waals surface area (Å²) in [5.41, 5.74) is 1.18. The maximum atomic E-state index is 12.2. The Kier molecular flexibility index (Phi) is 6.71. The van der Waals surface area contributed by atoms with Crippen molar-refractivity contribution in [2.45, 2.75) is 50.5 Å². The standard InChI is InChI=1S/C17H23N3O4S2/c1-5-10-26(22,23)17-20-19-16(25-17)18-15(21)12(4)24-14-8-6-13(7-9-14)11(2)3/h6-9,11-12H,5,10H2,1-4H3,(H,18,19,21). The number of hydrogen-bond donors (Lipinski definition) is 1. The van der Waals surface area contributed by atoms with Crippen molar-refractivity contribution in [2.75, 3.05) is 11.1 Å². The number of nitrogens with one attached hydrogen (secondary N) is 1. The van der Waals surface area contributed by atoms with Crippen LogP contribution in [0.2, 0.25) is 0 Å². The average molecular weight is 398 g/mol. The number of rotatable bonds is 8. The van der Waals surface area contributed by atoms with Crippen molar-refractivity contribution in [3.63, 3.8) is 0 Å². The number of carbonyl (C=O) groups excluding carboxylic acids is 1. The van der Waals surface area contributed by atoms with Gasteiger partial charge in [-0.05, 0) is 37.0 Å². The van der Waals surface area contributed by atoms with Gasteiger partial charge in [-0.25, -0.2) is 8.42 Å². The minimum Gasteiger partial charge on any atom is -0.481 e. The van der Waals surface area contributed by atoms with Crippen LogP contribution >= 0.6 is 11.3 Å². The number of amides is 1. The van der Waals surface area contributed by atoms with Gasteiger partial charge in [-0.2, -0.15) is 0 Å². The maximum Gasteiger partial charge on any atom is 0.266 e. The van der Waals surface area contributed by atoms with Crippen LogP contribution in [0.15, 0.2) is 28.6 Å². The fourth-order valence-corrected chi connectivity index (χ4v) is 4.49. The first-order valence-electron chi connectivity index (χ1n) is 8.36. The Labute approximate surface area is 157 Å². The van der Waals surface area contributed by atoms with Gasteiger partial charge in [0.1, 0.15) is 5.75 Å². The number of aromatic nitrogens is 2. The van der Waals surface area contributed by atoms with Crippen molar-refractivity contribution in [3.05, 3.63) is 29.8 Å². The Balaban J connectivity index is 1.98. The molecule has 0 fully saturated rings. The van der Waals surface area contributed by atoms with E-state index in [0.29, 0.717) is 18.1 Å². The zero-order valence-corrected chi connectivity index (χ0v) is 16.9. The van der Waals surface area contributed by atoms with E-state index in [4.69, 9.17) is 4.74 Å². The average Bonchev–Trinajstić information content (AvgIpc) is 3.04. The lowest BCUT2D eigenvalue weighted by molar-refractivity contribution is -0.122. The molecule has 2 aromatic rings. The predicted molar refractivity (Wildman–Crippen MR) is 102 cm³/mol. The van der Waals surface area contributed by atoms with Crippen LogP contribution in [-0.2, 0) is 14.6 Å². The highest BCUT2D eigenvalue weighted by Gasteiger charge is 2.22. The zero-order valence-electron chi connectivity index (χ0n) is 15.2. The van der Waals surface area contributed by atoms with Crippen LogP contribution in [0, 0.1) is 0 Å². The smallest absolute Gasteiger partial charge is 0.266 e. The second-order valence-electron chi connectivity index (χ2n) is 6.17. The normalized spacial score (nSPS) is 12.8. The Morgan fingerprint density at radius 3 is 2.42 bits per heavy atom. The Hall–Kier alpha value is -2.00. The number of sulfone groups is 1. The van der Waals surface area contributed by atoms with Crippen LogP contribution in [0.4, 0.5) is 5.13 Å². The summed E-state index contributed by atoms with van der Waals surface area (Å²) >= 11 is 0.839. The van der Waals surface area contributed by atoms with E-state index in [1.54, 1.807) is 13.8 Å². The Morgan fingerprint density at radius 2 is 1.85 bits per heavy atom. The van der Waals surface area contributed by atoms with E-state index in [9.17, 15) is 13.2 Å². The molecule has 142 valence electrons. The molecule has 1 aromatic heterocycles. The van der Waals surface area contributed by atoms with E-state index in [-0.39, 0.29) is 15.2 Å². The molecule has 0 aliphatic rings.